The molecule has 1 N–H and O–H groups in total. The molecule has 3 aromatic rings. The Kier molecular flexibility index (Phi) is 6.71. The third-order valence-corrected chi connectivity index (χ3v) is 9.13. The van der Waals surface area contributed by atoms with Gasteiger partial charge in [-0.25, -0.2) is 4.39 Å². The zero-order chi connectivity index (χ0) is 24.6. The first kappa shape index (κ1) is 24.1. The van der Waals surface area contributed by atoms with E-state index in [1.165, 1.54) is 16.4 Å². The van der Waals surface area contributed by atoms with Gasteiger partial charge in [-0.05, 0) is 37.5 Å². The van der Waals surface area contributed by atoms with Crippen molar-refractivity contribution in [1.82, 2.24) is 24.4 Å². The quantitative estimate of drug-likeness (QED) is 0.503. The summed E-state index contributed by atoms with van der Waals surface area (Å²) in [6, 6.07) is 12.3. The normalized spacial score (nSPS) is 20.4. The molecule has 35 heavy (non-hydrogen) atoms. The van der Waals surface area contributed by atoms with Gasteiger partial charge >= 0.3 is 0 Å². The number of fused-ring (bicyclic) bond motifs is 1. The molecule has 1 fully saturated rings. The van der Waals surface area contributed by atoms with Crippen LogP contribution in [0.3, 0.4) is 0 Å². The van der Waals surface area contributed by atoms with E-state index in [-0.39, 0.29) is 34.1 Å². The number of piperidine rings is 1. The van der Waals surface area contributed by atoms with Crippen molar-refractivity contribution >= 4 is 27.9 Å². The van der Waals surface area contributed by atoms with Gasteiger partial charge in [-0.3, -0.25) is 4.79 Å². The molecule has 0 saturated carbocycles. The molecule has 2 atom stereocenters. The van der Waals surface area contributed by atoms with Crippen molar-refractivity contribution in [2.45, 2.75) is 49.1 Å². The van der Waals surface area contributed by atoms with Gasteiger partial charge in [0, 0.05) is 37.5 Å². The molecule has 1 aromatic heterocycles. The second kappa shape index (κ2) is 9.77. The maximum atomic E-state index is 13.9. The lowest BCUT2D eigenvalue weighted by Crippen LogP contribution is -2.42. The summed E-state index contributed by atoms with van der Waals surface area (Å²) in [6.45, 7) is 0.752. The Labute approximate surface area is 208 Å². The first-order chi connectivity index (χ1) is 16.9. The number of nitrogens with one attached hydrogen (secondary N) is 1. The molecule has 11 heteroatoms. The number of aromatic nitrogens is 3. The summed E-state index contributed by atoms with van der Waals surface area (Å²) < 4.78 is 43.4. The summed E-state index contributed by atoms with van der Waals surface area (Å²) in [5.41, 5.74) is 0.426. The minimum Gasteiger partial charge on any atom is -0.593 e. The largest absolute Gasteiger partial charge is 0.593 e. The number of hydrogen-bond donors (Lipinski definition) is 1. The van der Waals surface area contributed by atoms with Crippen molar-refractivity contribution in [1.29, 1.82) is 0 Å². The molecule has 5 rings (SSSR count). The number of halogens is 2. The van der Waals surface area contributed by atoms with E-state index in [9.17, 15) is 17.9 Å². The Morgan fingerprint density at radius 2 is 1.83 bits per heavy atom. The third-order valence-electron chi connectivity index (χ3n) is 6.73. The smallest absolute Gasteiger partial charge is 0.243 e. The van der Waals surface area contributed by atoms with Crippen LogP contribution in [0.5, 0.6) is 0 Å². The van der Waals surface area contributed by atoms with Gasteiger partial charge in [0.15, 0.2) is 15.3 Å². The molecule has 0 aliphatic carbocycles. The predicted octanol–water partition coefficient (Wildman–Crippen LogP) is 3.66. The number of nitrogens with zero attached hydrogens (tertiary/aromatic N) is 4. The molecule has 184 valence electrons. The summed E-state index contributed by atoms with van der Waals surface area (Å²) in [5, 5.41) is 11.7. The highest BCUT2D eigenvalue weighted by molar-refractivity contribution is 7.95. The molecular formula is C24H25ClFN5O3S. The lowest BCUT2D eigenvalue weighted by atomic mass is 9.97. The van der Waals surface area contributed by atoms with Crippen LogP contribution >= 0.6 is 11.6 Å². The summed E-state index contributed by atoms with van der Waals surface area (Å²) in [6.07, 6.45) is 2.35. The summed E-state index contributed by atoms with van der Waals surface area (Å²) >= 11 is 6.13. The summed E-state index contributed by atoms with van der Waals surface area (Å²) in [5.74, 6) is 0.875. The summed E-state index contributed by atoms with van der Waals surface area (Å²) in [7, 11) is -3.69. The lowest BCUT2D eigenvalue weighted by Gasteiger charge is -2.33. The second-order valence-electron chi connectivity index (χ2n) is 8.82. The fraction of sp³-hybridized carbons (Fsp3) is 0.375. The standard InChI is InChI=1S/C24H25ClFN5O3S/c25-18-6-2-4-8-21(18)35(33,34)30-13-11-16(12-14-30)23-29-28-22-10-9-20(31(22)23)24(32)27-15-17-5-1-3-7-19(17)26/h1-8,16,20H,9-15H2,(H-,27,32,33,34). The van der Waals surface area contributed by atoms with E-state index < -0.39 is 16.4 Å². The molecule has 2 aliphatic rings. The van der Waals surface area contributed by atoms with Crippen molar-refractivity contribution in [3.63, 3.8) is 0 Å². The molecule has 0 bridgehead atoms. The van der Waals surface area contributed by atoms with E-state index in [2.05, 4.69) is 15.5 Å². The molecule has 2 unspecified atom stereocenters. The van der Waals surface area contributed by atoms with Crippen LogP contribution in [0.15, 0.2) is 53.4 Å². The van der Waals surface area contributed by atoms with Gasteiger partial charge < -0.3 is 14.4 Å². The molecule has 1 saturated heterocycles. The van der Waals surface area contributed by atoms with Gasteiger partial charge in [-0.2, -0.15) is 0 Å². The van der Waals surface area contributed by atoms with Gasteiger partial charge in [-0.15, -0.1) is 14.5 Å². The number of benzene rings is 2. The highest BCUT2D eigenvalue weighted by atomic mass is 35.5. The fourth-order valence-electron chi connectivity index (χ4n) is 4.86. The Morgan fingerprint density at radius 1 is 1.11 bits per heavy atom. The molecule has 2 aliphatic heterocycles. The van der Waals surface area contributed by atoms with Crippen LogP contribution < -0.4 is 5.32 Å². The number of aryl methyl sites for hydroxylation is 1. The van der Waals surface area contributed by atoms with Crippen molar-refractivity contribution in [3.05, 3.63) is 76.6 Å². The molecule has 1 amide bonds. The van der Waals surface area contributed by atoms with Crippen LogP contribution in [0.1, 0.15) is 48.4 Å². The third kappa shape index (κ3) is 4.63. The van der Waals surface area contributed by atoms with Crippen molar-refractivity contribution in [2.24, 2.45) is 0 Å². The van der Waals surface area contributed by atoms with Crippen LogP contribution in [0, 0.1) is 5.82 Å². The average molecular weight is 518 g/mol. The first-order valence-corrected chi connectivity index (χ1v) is 13.4. The monoisotopic (exact) mass is 517 g/mol. The van der Waals surface area contributed by atoms with Crippen molar-refractivity contribution < 1.29 is 17.9 Å². The van der Waals surface area contributed by atoms with E-state index in [1.807, 2.05) is 4.57 Å². The van der Waals surface area contributed by atoms with Crippen LogP contribution in [-0.2, 0) is 32.4 Å². The van der Waals surface area contributed by atoms with Crippen LogP contribution in [0.4, 0.5) is 4.39 Å². The maximum absolute atomic E-state index is 13.9. The predicted molar refractivity (Wildman–Crippen MR) is 128 cm³/mol. The molecule has 3 heterocycles. The number of rotatable bonds is 6. The first-order valence-electron chi connectivity index (χ1n) is 11.6. The molecule has 0 spiro atoms. The van der Waals surface area contributed by atoms with E-state index in [1.54, 1.807) is 36.4 Å². The van der Waals surface area contributed by atoms with E-state index in [0.29, 0.717) is 50.2 Å². The average Bonchev–Trinajstić information content (AvgIpc) is 3.46. The Balaban J connectivity index is 1.27. The minimum atomic E-state index is -3.69. The highest BCUT2D eigenvalue weighted by Crippen LogP contribution is 2.37. The van der Waals surface area contributed by atoms with Crippen molar-refractivity contribution in [3.8, 4) is 0 Å². The van der Waals surface area contributed by atoms with Crippen LogP contribution in [0.25, 0.3) is 0 Å². The fourth-order valence-corrected chi connectivity index (χ4v) is 6.82. The topological polar surface area (TPSA) is 103 Å². The zero-order valence-corrected chi connectivity index (χ0v) is 20.5. The SMILES string of the molecule is O=C(NCc1ccccc1F)C1CCc2nnc(C3CCN([S+](=O)([O-])c4ccccc4Cl)CC3)n21. The number of sulfonamides is 1. The number of carbonyl (C=O) groups is 1. The van der Waals surface area contributed by atoms with E-state index >= 15 is 0 Å². The van der Waals surface area contributed by atoms with Crippen molar-refractivity contribution in [2.75, 3.05) is 13.1 Å². The van der Waals surface area contributed by atoms with Gasteiger partial charge in [-0.1, -0.05) is 46.1 Å². The van der Waals surface area contributed by atoms with Gasteiger partial charge in [0.1, 0.15) is 23.5 Å². The maximum Gasteiger partial charge on any atom is 0.243 e. The van der Waals surface area contributed by atoms with E-state index in [4.69, 9.17) is 11.6 Å². The Bertz CT molecular complexity index is 1290. The Hall–Kier alpha value is -2.66. The number of amides is 1. The molecular weight excluding hydrogens is 493 g/mol. The second-order valence-corrected chi connectivity index (χ2v) is 11.1. The van der Waals surface area contributed by atoms with Crippen LogP contribution in [-0.4, -0.2) is 42.6 Å². The lowest BCUT2D eigenvalue weighted by molar-refractivity contribution is -0.124. The molecule has 0 radical (unpaired) electrons. The molecule has 2 aromatic carbocycles. The Morgan fingerprint density at radius 3 is 2.57 bits per heavy atom. The minimum absolute atomic E-state index is 0.0195. The van der Waals surface area contributed by atoms with Gasteiger partial charge in [0.2, 0.25) is 5.91 Å². The number of carbonyl (C=O) groups excluding carboxylic acids is 1. The zero-order valence-electron chi connectivity index (χ0n) is 18.9. The highest BCUT2D eigenvalue weighted by Gasteiger charge is 2.39. The molecule has 8 nitrogen and oxygen atoms in total. The van der Waals surface area contributed by atoms with Gasteiger partial charge in [0.05, 0.1) is 5.02 Å². The van der Waals surface area contributed by atoms with Gasteiger partial charge in [0.25, 0.3) is 0 Å². The number of hydrogen-bond acceptors (Lipinski definition) is 5. The summed E-state index contributed by atoms with van der Waals surface area (Å²) in [4.78, 5) is 13.1. The van der Waals surface area contributed by atoms with Crippen LogP contribution in [0.2, 0.25) is 5.02 Å². The van der Waals surface area contributed by atoms with E-state index in [0.717, 1.165) is 5.82 Å².